The van der Waals surface area contributed by atoms with Gasteiger partial charge in [0.2, 0.25) is 5.90 Å². The standard InChI is InChI=1S/C23H18ClF2NO3/c1-28-21-11-15(14-5-8-16(24)9-6-14)7-10-20(21)29-12-17-13-30-23(27-17)22-18(25)3-2-4-19(22)26/h2-11,17H,12-13H2,1H3. The van der Waals surface area contributed by atoms with Gasteiger partial charge in [0, 0.05) is 5.02 Å². The molecule has 1 aliphatic heterocycles. The SMILES string of the molecule is COc1cc(-c2ccc(Cl)cc2)ccc1OCC1COC(c2c(F)cccc2F)=N1. The maximum atomic E-state index is 13.9. The van der Waals surface area contributed by atoms with Gasteiger partial charge in [-0.3, -0.25) is 0 Å². The molecule has 0 bridgehead atoms. The lowest BCUT2D eigenvalue weighted by Crippen LogP contribution is -2.17. The number of nitrogens with zero attached hydrogens (tertiary/aromatic N) is 1. The predicted molar refractivity (Wildman–Crippen MR) is 112 cm³/mol. The van der Waals surface area contributed by atoms with E-state index in [0.717, 1.165) is 11.1 Å². The number of halogens is 3. The first-order valence-corrected chi connectivity index (χ1v) is 9.64. The molecule has 7 heteroatoms. The van der Waals surface area contributed by atoms with E-state index in [2.05, 4.69) is 4.99 Å². The minimum absolute atomic E-state index is 0.0516. The topological polar surface area (TPSA) is 40.0 Å². The van der Waals surface area contributed by atoms with Crippen LogP contribution >= 0.6 is 11.6 Å². The second-order valence-corrected chi connectivity index (χ2v) is 7.12. The van der Waals surface area contributed by atoms with Gasteiger partial charge in [0.1, 0.15) is 36.5 Å². The molecule has 4 nitrogen and oxygen atoms in total. The van der Waals surface area contributed by atoms with Gasteiger partial charge in [-0.25, -0.2) is 13.8 Å². The molecule has 3 aromatic rings. The number of aliphatic imine (C=N–C) groups is 1. The van der Waals surface area contributed by atoms with Crippen LogP contribution in [0.2, 0.25) is 5.02 Å². The Balaban J connectivity index is 1.47. The molecule has 0 saturated carbocycles. The molecule has 0 fully saturated rings. The highest BCUT2D eigenvalue weighted by molar-refractivity contribution is 6.30. The van der Waals surface area contributed by atoms with Crippen molar-refractivity contribution in [3.05, 3.63) is 82.9 Å². The zero-order valence-corrected chi connectivity index (χ0v) is 16.8. The first kappa shape index (κ1) is 20.2. The van der Waals surface area contributed by atoms with E-state index in [1.807, 2.05) is 36.4 Å². The maximum Gasteiger partial charge on any atom is 0.222 e. The summed E-state index contributed by atoms with van der Waals surface area (Å²) < 4.78 is 44.5. The largest absolute Gasteiger partial charge is 0.493 e. The molecule has 0 aromatic heterocycles. The Morgan fingerprint density at radius 1 is 1.00 bits per heavy atom. The van der Waals surface area contributed by atoms with E-state index in [-0.39, 0.29) is 30.7 Å². The third-order valence-corrected chi connectivity index (χ3v) is 4.91. The summed E-state index contributed by atoms with van der Waals surface area (Å²) in [5.41, 5.74) is 1.69. The molecule has 0 saturated heterocycles. The number of benzene rings is 3. The highest BCUT2D eigenvalue weighted by atomic mass is 35.5. The van der Waals surface area contributed by atoms with Crippen molar-refractivity contribution in [3.63, 3.8) is 0 Å². The lowest BCUT2D eigenvalue weighted by atomic mass is 10.1. The second kappa shape index (κ2) is 8.71. The van der Waals surface area contributed by atoms with Gasteiger partial charge < -0.3 is 14.2 Å². The van der Waals surface area contributed by atoms with Crippen molar-refractivity contribution < 1.29 is 23.0 Å². The second-order valence-electron chi connectivity index (χ2n) is 6.68. The molecule has 0 N–H and O–H groups in total. The highest BCUT2D eigenvalue weighted by Crippen LogP contribution is 2.33. The number of methoxy groups -OCH3 is 1. The summed E-state index contributed by atoms with van der Waals surface area (Å²) in [6, 6.07) is 16.3. The summed E-state index contributed by atoms with van der Waals surface area (Å²) >= 11 is 5.95. The summed E-state index contributed by atoms with van der Waals surface area (Å²) in [6.07, 6.45) is 0. The van der Waals surface area contributed by atoms with Gasteiger partial charge in [-0.15, -0.1) is 0 Å². The molecule has 0 amide bonds. The van der Waals surface area contributed by atoms with Crippen molar-refractivity contribution in [2.45, 2.75) is 6.04 Å². The Hall–Kier alpha value is -3.12. The summed E-state index contributed by atoms with van der Waals surface area (Å²) in [5, 5.41) is 0.666. The van der Waals surface area contributed by atoms with E-state index < -0.39 is 11.6 Å². The van der Waals surface area contributed by atoms with Gasteiger partial charge >= 0.3 is 0 Å². The van der Waals surface area contributed by atoms with Crippen LogP contribution in [0.15, 0.2) is 65.7 Å². The van der Waals surface area contributed by atoms with Crippen molar-refractivity contribution in [1.29, 1.82) is 0 Å². The average Bonchev–Trinajstić information content (AvgIpc) is 3.21. The van der Waals surface area contributed by atoms with Crippen LogP contribution in [-0.4, -0.2) is 32.3 Å². The molecular formula is C23H18ClF2NO3. The van der Waals surface area contributed by atoms with Crippen molar-refractivity contribution >= 4 is 17.5 Å². The van der Waals surface area contributed by atoms with Gasteiger partial charge in [-0.05, 0) is 47.5 Å². The summed E-state index contributed by atoms with van der Waals surface area (Å²) in [7, 11) is 1.56. The fourth-order valence-corrected chi connectivity index (χ4v) is 3.26. The Morgan fingerprint density at radius 3 is 2.40 bits per heavy atom. The number of hydrogen-bond acceptors (Lipinski definition) is 4. The van der Waals surface area contributed by atoms with Gasteiger partial charge in [-0.2, -0.15) is 0 Å². The van der Waals surface area contributed by atoms with Crippen LogP contribution in [0.4, 0.5) is 8.78 Å². The molecule has 1 heterocycles. The van der Waals surface area contributed by atoms with Gasteiger partial charge in [0.05, 0.1) is 7.11 Å². The van der Waals surface area contributed by atoms with E-state index >= 15 is 0 Å². The summed E-state index contributed by atoms with van der Waals surface area (Å²) in [6.45, 7) is 0.352. The van der Waals surface area contributed by atoms with E-state index in [1.165, 1.54) is 18.2 Å². The Bertz CT molecular complexity index is 1070. The number of hydrogen-bond donors (Lipinski definition) is 0. The van der Waals surface area contributed by atoms with E-state index in [9.17, 15) is 8.78 Å². The van der Waals surface area contributed by atoms with Crippen LogP contribution in [0.25, 0.3) is 11.1 Å². The van der Waals surface area contributed by atoms with E-state index in [1.54, 1.807) is 13.2 Å². The zero-order chi connectivity index (χ0) is 21.1. The van der Waals surface area contributed by atoms with Crippen molar-refractivity contribution in [3.8, 4) is 22.6 Å². The molecule has 0 radical (unpaired) electrons. The zero-order valence-electron chi connectivity index (χ0n) is 16.1. The van der Waals surface area contributed by atoms with Crippen molar-refractivity contribution in [2.24, 2.45) is 4.99 Å². The molecule has 154 valence electrons. The summed E-state index contributed by atoms with van der Waals surface area (Å²) in [4.78, 5) is 4.26. The van der Waals surface area contributed by atoms with E-state index in [0.29, 0.717) is 16.5 Å². The number of ether oxygens (including phenoxy) is 3. The first-order chi connectivity index (χ1) is 14.5. The fraction of sp³-hybridized carbons (Fsp3) is 0.174. The lowest BCUT2D eigenvalue weighted by molar-refractivity contribution is 0.235. The Kier molecular flexibility index (Phi) is 5.86. The Morgan fingerprint density at radius 2 is 1.70 bits per heavy atom. The minimum atomic E-state index is -0.713. The molecule has 3 aromatic carbocycles. The Labute approximate surface area is 177 Å². The van der Waals surface area contributed by atoms with Gasteiger partial charge in [0.15, 0.2) is 11.5 Å². The number of rotatable bonds is 6. The fourth-order valence-electron chi connectivity index (χ4n) is 3.13. The monoisotopic (exact) mass is 429 g/mol. The molecule has 1 atom stereocenters. The van der Waals surface area contributed by atoms with Crippen LogP contribution < -0.4 is 9.47 Å². The van der Waals surface area contributed by atoms with Crippen LogP contribution in [0.5, 0.6) is 11.5 Å². The molecule has 30 heavy (non-hydrogen) atoms. The average molecular weight is 430 g/mol. The van der Waals surface area contributed by atoms with Gasteiger partial charge in [0.25, 0.3) is 0 Å². The maximum absolute atomic E-state index is 13.9. The highest BCUT2D eigenvalue weighted by Gasteiger charge is 2.25. The van der Waals surface area contributed by atoms with Crippen LogP contribution in [-0.2, 0) is 4.74 Å². The third-order valence-electron chi connectivity index (χ3n) is 4.66. The van der Waals surface area contributed by atoms with Gasteiger partial charge in [-0.1, -0.05) is 35.9 Å². The van der Waals surface area contributed by atoms with Crippen LogP contribution in [0, 0.1) is 11.6 Å². The quantitative estimate of drug-likeness (QED) is 0.518. The first-order valence-electron chi connectivity index (χ1n) is 9.27. The molecule has 0 spiro atoms. The minimum Gasteiger partial charge on any atom is -0.493 e. The van der Waals surface area contributed by atoms with Crippen LogP contribution in [0.1, 0.15) is 5.56 Å². The molecular weight excluding hydrogens is 412 g/mol. The molecule has 1 unspecified atom stereocenters. The van der Waals surface area contributed by atoms with Crippen LogP contribution in [0.3, 0.4) is 0 Å². The third kappa shape index (κ3) is 4.24. The normalized spacial score (nSPS) is 15.5. The lowest BCUT2D eigenvalue weighted by Gasteiger charge is -2.13. The van der Waals surface area contributed by atoms with E-state index in [4.69, 9.17) is 25.8 Å². The molecule has 0 aliphatic carbocycles. The van der Waals surface area contributed by atoms with Crippen molar-refractivity contribution in [1.82, 2.24) is 0 Å². The summed E-state index contributed by atoms with van der Waals surface area (Å²) in [5.74, 6) is -0.379. The van der Waals surface area contributed by atoms with Crippen molar-refractivity contribution in [2.75, 3.05) is 20.3 Å². The predicted octanol–water partition coefficient (Wildman–Crippen LogP) is 5.52. The molecule has 1 aliphatic rings. The molecule has 4 rings (SSSR count). The smallest absolute Gasteiger partial charge is 0.222 e.